The Kier molecular flexibility index (Phi) is 5.35. The lowest BCUT2D eigenvalue weighted by Gasteiger charge is -2.34. The van der Waals surface area contributed by atoms with E-state index in [-0.39, 0.29) is 5.91 Å². The molecule has 0 bridgehead atoms. The van der Waals surface area contributed by atoms with E-state index in [0.717, 1.165) is 49.2 Å². The SMILES string of the molecule is O=C(Cc1c[nH]c2ccccc12)N1CCN(C/C=C/c2ccccc2)CC1. The third-order valence-electron chi connectivity index (χ3n) is 5.22. The summed E-state index contributed by atoms with van der Waals surface area (Å²) < 4.78 is 0. The first-order chi connectivity index (χ1) is 13.3. The second-order valence-corrected chi connectivity index (χ2v) is 7.03. The summed E-state index contributed by atoms with van der Waals surface area (Å²) >= 11 is 0. The van der Waals surface area contributed by atoms with Gasteiger partial charge in [0.2, 0.25) is 5.91 Å². The third kappa shape index (κ3) is 4.29. The Balaban J connectivity index is 1.27. The van der Waals surface area contributed by atoms with Gasteiger partial charge in [-0.05, 0) is 17.2 Å². The van der Waals surface area contributed by atoms with Crippen molar-refractivity contribution in [2.45, 2.75) is 6.42 Å². The van der Waals surface area contributed by atoms with Gasteiger partial charge < -0.3 is 9.88 Å². The molecular weight excluding hydrogens is 334 g/mol. The largest absolute Gasteiger partial charge is 0.361 e. The summed E-state index contributed by atoms with van der Waals surface area (Å²) in [5, 5.41) is 1.15. The molecule has 4 heteroatoms. The van der Waals surface area contributed by atoms with Crippen molar-refractivity contribution in [3.8, 4) is 0 Å². The molecular formula is C23H25N3O. The van der Waals surface area contributed by atoms with Crippen LogP contribution in [0.15, 0.2) is 66.9 Å². The molecule has 1 N–H and O–H groups in total. The number of carbonyl (C=O) groups excluding carboxylic acids is 1. The molecule has 0 aliphatic carbocycles. The standard InChI is InChI=1S/C23H25N3O/c27-23(17-20-18-24-22-11-5-4-10-21(20)22)26-15-13-25(14-16-26)12-6-9-19-7-2-1-3-8-19/h1-11,18,24H,12-17H2/b9-6+. The fourth-order valence-electron chi connectivity index (χ4n) is 3.63. The predicted octanol–water partition coefficient (Wildman–Crippen LogP) is 3.57. The Morgan fingerprint density at radius 3 is 2.52 bits per heavy atom. The zero-order valence-electron chi connectivity index (χ0n) is 15.5. The number of aromatic amines is 1. The maximum atomic E-state index is 12.7. The van der Waals surface area contributed by atoms with Crippen LogP contribution in [0.4, 0.5) is 0 Å². The average molecular weight is 359 g/mol. The molecule has 0 spiro atoms. The topological polar surface area (TPSA) is 39.3 Å². The first-order valence-electron chi connectivity index (χ1n) is 9.56. The fourth-order valence-corrected chi connectivity index (χ4v) is 3.63. The number of piperazine rings is 1. The van der Waals surface area contributed by atoms with Gasteiger partial charge in [-0.2, -0.15) is 0 Å². The minimum absolute atomic E-state index is 0.222. The quantitative estimate of drug-likeness (QED) is 0.756. The molecule has 4 nitrogen and oxygen atoms in total. The van der Waals surface area contributed by atoms with Gasteiger partial charge in [0.05, 0.1) is 6.42 Å². The van der Waals surface area contributed by atoms with Crippen LogP contribution in [-0.4, -0.2) is 53.4 Å². The molecule has 1 aliphatic rings. The van der Waals surface area contributed by atoms with E-state index >= 15 is 0 Å². The summed E-state index contributed by atoms with van der Waals surface area (Å²) in [6, 6.07) is 18.5. The van der Waals surface area contributed by atoms with Crippen LogP contribution in [0, 0.1) is 0 Å². The van der Waals surface area contributed by atoms with Gasteiger partial charge in [-0.15, -0.1) is 0 Å². The Labute approximate surface area is 160 Å². The summed E-state index contributed by atoms with van der Waals surface area (Å²) in [4.78, 5) is 20.3. The number of carbonyl (C=O) groups is 1. The first kappa shape index (κ1) is 17.6. The van der Waals surface area contributed by atoms with Gasteiger partial charge in [0.25, 0.3) is 0 Å². The molecule has 2 aromatic carbocycles. The number of hydrogen-bond acceptors (Lipinski definition) is 2. The zero-order valence-corrected chi connectivity index (χ0v) is 15.5. The molecule has 0 saturated carbocycles. The van der Waals surface area contributed by atoms with Gasteiger partial charge in [0.15, 0.2) is 0 Å². The number of benzene rings is 2. The molecule has 1 aromatic heterocycles. The number of aromatic nitrogens is 1. The number of para-hydroxylation sites is 1. The molecule has 1 amide bonds. The molecule has 4 rings (SSSR count). The van der Waals surface area contributed by atoms with E-state index in [1.165, 1.54) is 5.56 Å². The number of rotatable bonds is 5. The number of hydrogen-bond donors (Lipinski definition) is 1. The molecule has 1 saturated heterocycles. The lowest BCUT2D eigenvalue weighted by molar-refractivity contribution is -0.132. The van der Waals surface area contributed by atoms with Crippen LogP contribution in [-0.2, 0) is 11.2 Å². The zero-order chi connectivity index (χ0) is 18.5. The van der Waals surface area contributed by atoms with Gasteiger partial charge in [-0.25, -0.2) is 0 Å². The molecule has 0 radical (unpaired) electrons. The number of H-pyrrole nitrogens is 1. The van der Waals surface area contributed by atoms with E-state index in [2.05, 4.69) is 52.4 Å². The second-order valence-electron chi connectivity index (χ2n) is 7.03. The van der Waals surface area contributed by atoms with Gasteiger partial charge in [0, 0.05) is 49.8 Å². The van der Waals surface area contributed by atoms with Gasteiger partial charge in [-0.1, -0.05) is 60.7 Å². The molecule has 138 valence electrons. The van der Waals surface area contributed by atoms with Crippen molar-refractivity contribution in [1.29, 1.82) is 0 Å². The Hall–Kier alpha value is -2.85. The van der Waals surface area contributed by atoms with Crippen molar-refractivity contribution >= 4 is 22.9 Å². The maximum absolute atomic E-state index is 12.7. The molecule has 3 aromatic rings. The highest BCUT2D eigenvalue weighted by Gasteiger charge is 2.21. The minimum atomic E-state index is 0.222. The van der Waals surface area contributed by atoms with E-state index < -0.39 is 0 Å². The monoisotopic (exact) mass is 359 g/mol. The van der Waals surface area contributed by atoms with E-state index in [1.807, 2.05) is 35.4 Å². The van der Waals surface area contributed by atoms with Crippen LogP contribution in [0.2, 0.25) is 0 Å². The van der Waals surface area contributed by atoms with Crippen molar-refractivity contribution in [3.63, 3.8) is 0 Å². The van der Waals surface area contributed by atoms with E-state index in [0.29, 0.717) is 6.42 Å². The normalized spacial score (nSPS) is 15.6. The van der Waals surface area contributed by atoms with Crippen LogP contribution < -0.4 is 0 Å². The molecule has 0 atom stereocenters. The summed E-state index contributed by atoms with van der Waals surface area (Å²) in [5.74, 6) is 0.222. The summed E-state index contributed by atoms with van der Waals surface area (Å²) in [5.41, 5.74) is 3.41. The number of fused-ring (bicyclic) bond motifs is 1. The Bertz CT molecular complexity index is 921. The number of amides is 1. The second kappa shape index (κ2) is 8.23. The van der Waals surface area contributed by atoms with Gasteiger partial charge in [-0.3, -0.25) is 9.69 Å². The number of nitrogens with one attached hydrogen (secondary N) is 1. The fraction of sp³-hybridized carbons (Fsp3) is 0.261. The summed E-state index contributed by atoms with van der Waals surface area (Å²) in [6.07, 6.45) is 6.80. The molecule has 27 heavy (non-hydrogen) atoms. The molecule has 1 fully saturated rings. The van der Waals surface area contributed by atoms with Crippen molar-refractivity contribution in [2.24, 2.45) is 0 Å². The van der Waals surface area contributed by atoms with Crippen molar-refractivity contribution < 1.29 is 4.79 Å². The molecule has 1 aliphatic heterocycles. The van der Waals surface area contributed by atoms with E-state index in [9.17, 15) is 4.79 Å². The van der Waals surface area contributed by atoms with Crippen molar-refractivity contribution in [2.75, 3.05) is 32.7 Å². The maximum Gasteiger partial charge on any atom is 0.227 e. The van der Waals surface area contributed by atoms with Crippen LogP contribution in [0.5, 0.6) is 0 Å². The lowest BCUT2D eigenvalue weighted by Crippen LogP contribution is -2.49. The molecule has 0 unspecified atom stereocenters. The van der Waals surface area contributed by atoms with Crippen LogP contribution in [0.3, 0.4) is 0 Å². The summed E-state index contributed by atoms with van der Waals surface area (Å²) in [7, 11) is 0. The first-order valence-corrected chi connectivity index (χ1v) is 9.56. The van der Waals surface area contributed by atoms with E-state index in [4.69, 9.17) is 0 Å². The van der Waals surface area contributed by atoms with Crippen LogP contribution in [0.1, 0.15) is 11.1 Å². The van der Waals surface area contributed by atoms with Gasteiger partial charge >= 0.3 is 0 Å². The Morgan fingerprint density at radius 1 is 0.963 bits per heavy atom. The van der Waals surface area contributed by atoms with Crippen molar-refractivity contribution in [3.05, 3.63) is 78.0 Å². The highest BCUT2D eigenvalue weighted by Crippen LogP contribution is 2.19. The highest BCUT2D eigenvalue weighted by atomic mass is 16.2. The highest BCUT2D eigenvalue weighted by molar-refractivity contribution is 5.88. The van der Waals surface area contributed by atoms with Crippen LogP contribution >= 0.6 is 0 Å². The summed E-state index contributed by atoms with van der Waals surface area (Å²) in [6.45, 7) is 4.40. The van der Waals surface area contributed by atoms with E-state index in [1.54, 1.807) is 0 Å². The minimum Gasteiger partial charge on any atom is -0.361 e. The number of nitrogens with zero attached hydrogens (tertiary/aromatic N) is 2. The van der Waals surface area contributed by atoms with Crippen LogP contribution in [0.25, 0.3) is 17.0 Å². The third-order valence-corrected chi connectivity index (χ3v) is 5.22. The van der Waals surface area contributed by atoms with Crippen molar-refractivity contribution in [1.82, 2.24) is 14.8 Å². The van der Waals surface area contributed by atoms with Gasteiger partial charge in [0.1, 0.15) is 0 Å². The lowest BCUT2D eigenvalue weighted by atomic mass is 10.1. The average Bonchev–Trinajstić information content (AvgIpc) is 3.12. The molecule has 2 heterocycles. The Morgan fingerprint density at radius 2 is 1.70 bits per heavy atom. The smallest absolute Gasteiger partial charge is 0.227 e. The predicted molar refractivity (Wildman–Crippen MR) is 110 cm³/mol.